The zero-order chi connectivity index (χ0) is 14.0. The summed E-state index contributed by atoms with van der Waals surface area (Å²) in [6, 6.07) is 5.11. The molecule has 0 unspecified atom stereocenters. The monoisotopic (exact) mass is 299 g/mol. The molecule has 6 heteroatoms. The fourth-order valence-corrected chi connectivity index (χ4v) is 2.14. The summed E-state index contributed by atoms with van der Waals surface area (Å²) in [5, 5.41) is 5.53. The van der Waals surface area contributed by atoms with Crippen LogP contribution in [0.1, 0.15) is 18.3 Å². The molecule has 0 amide bonds. The van der Waals surface area contributed by atoms with Gasteiger partial charge in [-0.25, -0.2) is 0 Å². The summed E-state index contributed by atoms with van der Waals surface area (Å²) >= 11 is 12.1. The summed E-state index contributed by atoms with van der Waals surface area (Å²) < 4.78 is 7.50. The molecule has 1 aromatic carbocycles. The van der Waals surface area contributed by atoms with Gasteiger partial charge in [-0.3, -0.25) is 4.68 Å². The smallest absolute Gasteiger partial charge is 0.144 e. The van der Waals surface area contributed by atoms with Gasteiger partial charge in [0.05, 0.1) is 22.1 Å². The number of anilines is 1. The van der Waals surface area contributed by atoms with Gasteiger partial charge < -0.3 is 10.5 Å². The van der Waals surface area contributed by atoms with E-state index in [0.717, 1.165) is 17.9 Å². The molecule has 0 aliphatic rings. The van der Waals surface area contributed by atoms with E-state index in [2.05, 4.69) is 5.10 Å². The Kier molecular flexibility index (Phi) is 4.22. The Labute approximate surface area is 122 Å². The molecule has 19 heavy (non-hydrogen) atoms. The Morgan fingerprint density at radius 2 is 2.11 bits per heavy atom. The second-order valence-electron chi connectivity index (χ2n) is 4.13. The van der Waals surface area contributed by atoms with E-state index in [-0.39, 0.29) is 0 Å². The molecule has 0 bridgehead atoms. The van der Waals surface area contributed by atoms with Crippen LogP contribution in [0.3, 0.4) is 0 Å². The first kappa shape index (κ1) is 14.0. The highest BCUT2D eigenvalue weighted by atomic mass is 35.5. The maximum Gasteiger partial charge on any atom is 0.144 e. The van der Waals surface area contributed by atoms with Crippen molar-refractivity contribution in [3.8, 4) is 5.75 Å². The van der Waals surface area contributed by atoms with Crippen molar-refractivity contribution in [2.75, 3.05) is 5.73 Å². The average molecular weight is 300 g/mol. The van der Waals surface area contributed by atoms with E-state index >= 15 is 0 Å². The number of nitrogens with two attached hydrogens (primary N) is 1. The maximum absolute atomic E-state index is 6.21. The van der Waals surface area contributed by atoms with Crippen LogP contribution in [0.5, 0.6) is 5.75 Å². The normalized spacial score (nSPS) is 10.7. The standard InChI is InChI=1S/C13H15Cl2N3O/c1-3-18-11(13(15)8(2)17-18)7-19-12-6-9(14)4-5-10(12)16/h4-6H,3,7,16H2,1-2H3. The van der Waals surface area contributed by atoms with Gasteiger partial charge in [0.15, 0.2) is 0 Å². The lowest BCUT2D eigenvalue weighted by Crippen LogP contribution is -2.07. The van der Waals surface area contributed by atoms with E-state index in [1.807, 2.05) is 18.5 Å². The lowest BCUT2D eigenvalue weighted by Gasteiger charge is -2.10. The fourth-order valence-electron chi connectivity index (χ4n) is 1.79. The second kappa shape index (κ2) is 5.72. The van der Waals surface area contributed by atoms with E-state index in [4.69, 9.17) is 33.7 Å². The topological polar surface area (TPSA) is 53.1 Å². The van der Waals surface area contributed by atoms with Gasteiger partial charge in [0.1, 0.15) is 12.4 Å². The maximum atomic E-state index is 6.21. The van der Waals surface area contributed by atoms with Crippen molar-refractivity contribution in [3.05, 3.63) is 39.6 Å². The van der Waals surface area contributed by atoms with Crippen molar-refractivity contribution in [1.82, 2.24) is 9.78 Å². The van der Waals surface area contributed by atoms with Gasteiger partial charge in [0.25, 0.3) is 0 Å². The Hall–Kier alpha value is -1.39. The summed E-state index contributed by atoms with van der Waals surface area (Å²) in [6.45, 7) is 4.90. The quantitative estimate of drug-likeness (QED) is 0.876. The molecule has 102 valence electrons. The highest BCUT2D eigenvalue weighted by Crippen LogP contribution is 2.28. The first-order valence-electron chi connectivity index (χ1n) is 5.92. The second-order valence-corrected chi connectivity index (χ2v) is 4.95. The van der Waals surface area contributed by atoms with Crippen molar-refractivity contribution >= 4 is 28.9 Å². The molecule has 0 aliphatic carbocycles. The minimum absolute atomic E-state index is 0.304. The number of rotatable bonds is 4. The van der Waals surface area contributed by atoms with Gasteiger partial charge in [0, 0.05) is 17.6 Å². The molecule has 0 radical (unpaired) electrons. The van der Waals surface area contributed by atoms with Crippen LogP contribution in [0.4, 0.5) is 5.69 Å². The summed E-state index contributed by atoms with van der Waals surface area (Å²) in [5.74, 6) is 0.546. The van der Waals surface area contributed by atoms with Crippen LogP contribution in [0.25, 0.3) is 0 Å². The van der Waals surface area contributed by atoms with Crippen LogP contribution in [-0.2, 0) is 13.2 Å². The van der Waals surface area contributed by atoms with Crippen LogP contribution < -0.4 is 10.5 Å². The highest BCUT2D eigenvalue weighted by Gasteiger charge is 2.13. The van der Waals surface area contributed by atoms with E-state index in [9.17, 15) is 0 Å². The van der Waals surface area contributed by atoms with Crippen LogP contribution >= 0.6 is 23.2 Å². The van der Waals surface area contributed by atoms with Gasteiger partial charge in [-0.05, 0) is 26.0 Å². The van der Waals surface area contributed by atoms with Crippen molar-refractivity contribution < 1.29 is 4.74 Å². The lowest BCUT2D eigenvalue weighted by atomic mass is 10.3. The van der Waals surface area contributed by atoms with Gasteiger partial charge in [-0.1, -0.05) is 23.2 Å². The molecular weight excluding hydrogens is 285 g/mol. The number of aromatic nitrogens is 2. The zero-order valence-corrected chi connectivity index (χ0v) is 12.3. The van der Waals surface area contributed by atoms with Crippen LogP contribution in [0.15, 0.2) is 18.2 Å². The summed E-state index contributed by atoms with van der Waals surface area (Å²) in [4.78, 5) is 0. The molecule has 1 heterocycles. The zero-order valence-electron chi connectivity index (χ0n) is 10.8. The van der Waals surface area contributed by atoms with Gasteiger partial charge >= 0.3 is 0 Å². The minimum atomic E-state index is 0.304. The molecule has 0 saturated heterocycles. The van der Waals surface area contributed by atoms with Crippen LogP contribution in [-0.4, -0.2) is 9.78 Å². The third-order valence-corrected chi connectivity index (χ3v) is 3.52. The predicted molar refractivity (Wildman–Crippen MR) is 77.8 cm³/mol. The third kappa shape index (κ3) is 2.96. The van der Waals surface area contributed by atoms with E-state index in [1.165, 1.54) is 0 Å². The van der Waals surface area contributed by atoms with E-state index in [1.54, 1.807) is 18.2 Å². The summed E-state index contributed by atoms with van der Waals surface area (Å²) in [6.07, 6.45) is 0. The summed E-state index contributed by atoms with van der Waals surface area (Å²) in [7, 11) is 0. The first-order chi connectivity index (χ1) is 9.02. The van der Waals surface area contributed by atoms with Crippen molar-refractivity contribution in [1.29, 1.82) is 0 Å². The largest absolute Gasteiger partial charge is 0.485 e. The number of benzene rings is 1. The molecule has 2 aromatic rings. The molecule has 2 N–H and O–H groups in total. The highest BCUT2D eigenvalue weighted by molar-refractivity contribution is 6.32. The molecule has 0 aliphatic heterocycles. The molecule has 4 nitrogen and oxygen atoms in total. The minimum Gasteiger partial charge on any atom is -0.485 e. The van der Waals surface area contributed by atoms with Crippen LogP contribution in [0.2, 0.25) is 10.0 Å². The number of ether oxygens (including phenoxy) is 1. The number of nitrogens with zero attached hydrogens (tertiary/aromatic N) is 2. The molecule has 0 saturated carbocycles. The number of nitrogen functional groups attached to an aromatic ring is 1. The average Bonchev–Trinajstić information content (AvgIpc) is 2.66. The summed E-state index contributed by atoms with van der Waals surface area (Å²) in [5.41, 5.74) is 8.00. The Morgan fingerprint density at radius 1 is 1.37 bits per heavy atom. The van der Waals surface area contributed by atoms with Gasteiger partial charge in [-0.15, -0.1) is 0 Å². The van der Waals surface area contributed by atoms with Crippen molar-refractivity contribution in [3.63, 3.8) is 0 Å². The van der Waals surface area contributed by atoms with Gasteiger partial charge in [-0.2, -0.15) is 5.10 Å². The molecule has 0 spiro atoms. The molecule has 0 fully saturated rings. The predicted octanol–water partition coefficient (Wildman–Crippen LogP) is 3.68. The van der Waals surface area contributed by atoms with Crippen LogP contribution in [0, 0.1) is 6.92 Å². The third-order valence-electron chi connectivity index (χ3n) is 2.79. The Morgan fingerprint density at radius 3 is 2.79 bits per heavy atom. The van der Waals surface area contributed by atoms with Crippen molar-refractivity contribution in [2.45, 2.75) is 27.0 Å². The number of halogens is 2. The Bertz CT molecular complexity index is 596. The lowest BCUT2D eigenvalue weighted by molar-refractivity contribution is 0.294. The molecule has 1 aromatic heterocycles. The van der Waals surface area contributed by atoms with Crippen molar-refractivity contribution in [2.24, 2.45) is 0 Å². The number of aryl methyl sites for hydroxylation is 2. The molecular formula is C13H15Cl2N3O. The Balaban J connectivity index is 2.21. The van der Waals surface area contributed by atoms with E-state index < -0.39 is 0 Å². The van der Waals surface area contributed by atoms with E-state index in [0.29, 0.717) is 28.1 Å². The molecule has 2 rings (SSSR count). The SMILES string of the molecule is CCn1nc(C)c(Cl)c1COc1cc(Cl)ccc1N. The fraction of sp³-hybridized carbons (Fsp3) is 0.308. The molecule has 0 atom stereocenters. The number of hydrogen-bond donors (Lipinski definition) is 1. The van der Waals surface area contributed by atoms with Gasteiger partial charge in [0.2, 0.25) is 0 Å². The number of hydrogen-bond acceptors (Lipinski definition) is 3. The first-order valence-corrected chi connectivity index (χ1v) is 6.68.